The third-order valence-electron chi connectivity index (χ3n) is 3.07. The van der Waals surface area contributed by atoms with Crippen molar-refractivity contribution in [3.63, 3.8) is 0 Å². The Morgan fingerprint density at radius 1 is 1.53 bits per heavy atom. The van der Waals surface area contributed by atoms with E-state index in [-0.39, 0.29) is 24.5 Å². The molecule has 17 heavy (non-hydrogen) atoms. The third-order valence-corrected chi connectivity index (χ3v) is 3.07. The maximum Gasteiger partial charge on any atom is 0.268 e. The second-order valence-electron chi connectivity index (χ2n) is 4.51. The molecule has 2 fully saturated rings. The lowest BCUT2D eigenvalue weighted by molar-refractivity contribution is -0.129. The van der Waals surface area contributed by atoms with Crippen LogP contribution in [-0.2, 0) is 14.4 Å². The molecule has 7 nitrogen and oxygen atoms in total. The Balaban J connectivity index is 1.72. The largest absolute Gasteiger partial charge is 0.341 e. The summed E-state index contributed by atoms with van der Waals surface area (Å²) in [6.45, 7) is 2.18. The third kappa shape index (κ3) is 3.39. The van der Waals surface area contributed by atoms with Gasteiger partial charge in [-0.15, -0.1) is 0 Å². The van der Waals surface area contributed by atoms with Crippen LogP contribution in [-0.4, -0.2) is 55.0 Å². The van der Waals surface area contributed by atoms with Gasteiger partial charge in [0.15, 0.2) is 0 Å². The molecular weight excluding hydrogens is 224 g/mol. The summed E-state index contributed by atoms with van der Waals surface area (Å²) < 4.78 is 0. The average molecular weight is 242 g/mol. The number of hydrogen-bond donors (Lipinski definition) is 3. The normalized spacial score (nSPS) is 26.9. The van der Waals surface area contributed by atoms with E-state index in [1.165, 1.54) is 0 Å². The van der Waals surface area contributed by atoms with E-state index in [1.807, 2.05) is 4.90 Å². The Labute approximate surface area is 99.6 Å². The van der Waals surface area contributed by atoms with Crippen LogP contribution in [0.15, 0.2) is 0 Å². The summed E-state index contributed by atoms with van der Waals surface area (Å²) in [6, 6.07) is -0.308. The molecule has 0 aliphatic carbocycles. The number of piperidine rings is 1. The molecule has 2 aliphatic heterocycles. The molecule has 0 aromatic heterocycles. The van der Waals surface area contributed by atoms with E-state index >= 15 is 0 Å². The number of nitrogens with zero attached hydrogens (tertiary/aromatic N) is 1. The summed E-state index contributed by atoms with van der Waals surface area (Å²) in [5.74, 6) is -0.440. The van der Waals surface area contributed by atoms with Crippen LogP contribution in [0.1, 0.15) is 12.8 Å². The number of carbonyl (C=O) groups excluding carboxylic acids is 2. The summed E-state index contributed by atoms with van der Waals surface area (Å²) in [7, 11) is 0. The Hall–Kier alpha value is -1.18. The summed E-state index contributed by atoms with van der Waals surface area (Å²) in [5, 5.41) is 2.64. The molecule has 0 unspecified atom stereocenters. The predicted molar refractivity (Wildman–Crippen MR) is 59.7 cm³/mol. The van der Waals surface area contributed by atoms with Crippen molar-refractivity contribution in [1.29, 1.82) is 0 Å². The van der Waals surface area contributed by atoms with Crippen LogP contribution in [0, 0.1) is 0 Å². The van der Waals surface area contributed by atoms with Gasteiger partial charge in [0, 0.05) is 19.1 Å². The first kappa shape index (κ1) is 12.3. The molecule has 4 N–H and O–H groups in total. The van der Waals surface area contributed by atoms with Gasteiger partial charge < -0.3 is 11.1 Å². The van der Waals surface area contributed by atoms with E-state index in [0.29, 0.717) is 6.54 Å². The quantitative estimate of drug-likeness (QED) is 0.529. The molecular formula is C10H18N4O3. The highest BCUT2D eigenvalue weighted by Gasteiger charge is 2.27. The van der Waals surface area contributed by atoms with Crippen molar-refractivity contribution in [2.24, 2.45) is 5.73 Å². The molecule has 2 rings (SSSR count). The van der Waals surface area contributed by atoms with Crippen LogP contribution in [0.2, 0.25) is 0 Å². The lowest BCUT2D eigenvalue weighted by Gasteiger charge is -2.29. The lowest BCUT2D eigenvalue weighted by atomic mass is 10.1. The van der Waals surface area contributed by atoms with Crippen LogP contribution >= 0.6 is 0 Å². The minimum absolute atomic E-state index is 0.147. The molecule has 96 valence electrons. The molecule has 1 atom stereocenters. The fraction of sp³-hybridized carbons (Fsp3) is 0.800. The molecule has 0 saturated carbocycles. The number of likely N-dealkylation sites (tertiary alicyclic amines) is 1. The van der Waals surface area contributed by atoms with Gasteiger partial charge in [-0.1, -0.05) is 0 Å². The molecule has 0 radical (unpaired) electrons. The first-order valence-corrected chi connectivity index (χ1v) is 5.84. The summed E-state index contributed by atoms with van der Waals surface area (Å²) >= 11 is 0. The van der Waals surface area contributed by atoms with E-state index in [1.54, 1.807) is 0 Å². The van der Waals surface area contributed by atoms with Crippen LogP contribution in [0.4, 0.5) is 0 Å². The lowest BCUT2D eigenvalue weighted by Crippen LogP contribution is -2.48. The number of hydrogen-bond acceptors (Lipinski definition) is 5. The monoisotopic (exact) mass is 242 g/mol. The maximum absolute atomic E-state index is 11.7. The number of amides is 2. The average Bonchev–Trinajstić information content (AvgIpc) is 2.68. The van der Waals surface area contributed by atoms with E-state index in [4.69, 9.17) is 10.6 Å². The number of nitrogens with two attached hydrogens (primary N) is 1. The zero-order valence-electron chi connectivity index (χ0n) is 9.65. The van der Waals surface area contributed by atoms with E-state index in [0.717, 1.165) is 25.9 Å². The van der Waals surface area contributed by atoms with Crippen LogP contribution in [0.3, 0.4) is 0 Å². The maximum atomic E-state index is 11.7. The van der Waals surface area contributed by atoms with Crippen LogP contribution in [0.25, 0.3) is 0 Å². The number of nitrogens with one attached hydrogen (secondary N) is 2. The smallest absolute Gasteiger partial charge is 0.268 e. The van der Waals surface area contributed by atoms with Crippen molar-refractivity contribution in [1.82, 2.24) is 15.7 Å². The highest BCUT2D eigenvalue weighted by atomic mass is 16.7. The predicted octanol–water partition coefficient (Wildman–Crippen LogP) is -2.04. The fourth-order valence-corrected chi connectivity index (χ4v) is 2.00. The van der Waals surface area contributed by atoms with Gasteiger partial charge in [-0.05, 0) is 12.8 Å². The molecule has 0 spiro atoms. The summed E-state index contributed by atoms with van der Waals surface area (Å²) in [5.41, 5.74) is 7.98. The first-order chi connectivity index (χ1) is 8.15. The van der Waals surface area contributed by atoms with E-state index in [2.05, 4.69) is 10.8 Å². The van der Waals surface area contributed by atoms with Crippen molar-refractivity contribution in [2.45, 2.75) is 24.9 Å². The zero-order valence-corrected chi connectivity index (χ0v) is 9.65. The molecule has 7 heteroatoms. The molecule has 0 aromatic carbocycles. The second kappa shape index (κ2) is 5.44. The molecule has 2 aliphatic rings. The Kier molecular flexibility index (Phi) is 3.93. The molecule has 0 aromatic rings. The van der Waals surface area contributed by atoms with Gasteiger partial charge >= 0.3 is 0 Å². The van der Waals surface area contributed by atoms with Gasteiger partial charge in [0.2, 0.25) is 5.91 Å². The van der Waals surface area contributed by atoms with Crippen molar-refractivity contribution < 1.29 is 14.4 Å². The fourth-order valence-electron chi connectivity index (χ4n) is 2.00. The van der Waals surface area contributed by atoms with Crippen molar-refractivity contribution in [3.05, 3.63) is 0 Å². The van der Waals surface area contributed by atoms with Gasteiger partial charge in [0.25, 0.3) is 5.91 Å². The Bertz CT molecular complexity index is 302. The second-order valence-corrected chi connectivity index (χ2v) is 4.51. The Morgan fingerprint density at radius 2 is 2.24 bits per heavy atom. The molecule has 0 bridgehead atoms. The van der Waals surface area contributed by atoms with Crippen molar-refractivity contribution in [2.75, 3.05) is 26.2 Å². The first-order valence-electron chi connectivity index (χ1n) is 5.84. The molecule has 2 heterocycles. The van der Waals surface area contributed by atoms with Crippen LogP contribution < -0.4 is 16.5 Å². The van der Waals surface area contributed by atoms with Crippen molar-refractivity contribution in [3.8, 4) is 0 Å². The summed E-state index contributed by atoms with van der Waals surface area (Å²) in [6.07, 6.45) is 1.83. The number of carbonyl (C=O) groups is 2. The summed E-state index contributed by atoms with van der Waals surface area (Å²) in [4.78, 5) is 29.6. The minimum atomic E-state index is -0.561. The SMILES string of the molecule is NC1CCN(CC(=O)N[C@@H]2CONC2=O)CC1. The van der Waals surface area contributed by atoms with E-state index < -0.39 is 6.04 Å². The van der Waals surface area contributed by atoms with Gasteiger partial charge in [0.1, 0.15) is 12.6 Å². The minimum Gasteiger partial charge on any atom is -0.341 e. The molecule has 2 amide bonds. The van der Waals surface area contributed by atoms with Crippen molar-refractivity contribution >= 4 is 11.8 Å². The van der Waals surface area contributed by atoms with Gasteiger partial charge in [-0.2, -0.15) is 0 Å². The standard InChI is InChI=1S/C10H18N4O3/c11-7-1-3-14(4-2-7)5-9(15)12-8-6-17-13-10(8)16/h7-8H,1-6,11H2,(H,12,15)(H,13,16)/t8-/m1/s1. The van der Waals surface area contributed by atoms with Gasteiger partial charge in [-0.3, -0.25) is 19.3 Å². The molecule has 2 saturated heterocycles. The number of hydroxylamine groups is 1. The highest BCUT2D eigenvalue weighted by Crippen LogP contribution is 2.07. The van der Waals surface area contributed by atoms with E-state index in [9.17, 15) is 9.59 Å². The van der Waals surface area contributed by atoms with Gasteiger partial charge in [-0.25, -0.2) is 5.48 Å². The number of rotatable bonds is 3. The van der Waals surface area contributed by atoms with Crippen LogP contribution in [0.5, 0.6) is 0 Å². The Morgan fingerprint density at radius 3 is 2.82 bits per heavy atom. The zero-order chi connectivity index (χ0) is 12.3. The van der Waals surface area contributed by atoms with Gasteiger partial charge in [0.05, 0.1) is 6.54 Å². The topological polar surface area (TPSA) is 96.7 Å². The highest BCUT2D eigenvalue weighted by molar-refractivity contribution is 5.88.